The van der Waals surface area contributed by atoms with Gasteiger partial charge < -0.3 is 28.5 Å². The van der Waals surface area contributed by atoms with Crippen LogP contribution in [-0.2, 0) is 20.0 Å². The van der Waals surface area contributed by atoms with Crippen molar-refractivity contribution in [3.05, 3.63) is 90.5 Å². The van der Waals surface area contributed by atoms with Crippen LogP contribution in [0.4, 0.5) is 0 Å². The maximum Gasteiger partial charge on any atom is 0.238 e. The molecule has 0 amide bonds. The van der Waals surface area contributed by atoms with Crippen LogP contribution in [0, 0.1) is 0 Å². The highest BCUT2D eigenvalue weighted by Crippen LogP contribution is 2.29. The van der Waals surface area contributed by atoms with Crippen molar-refractivity contribution in [2.24, 2.45) is 7.05 Å². The fraction of sp³-hybridized carbons (Fsp3) is 0.222. The first-order valence-corrected chi connectivity index (χ1v) is 10.7. The quantitative estimate of drug-likeness (QED) is 0.190. The van der Waals surface area contributed by atoms with E-state index in [4.69, 9.17) is 0 Å². The monoisotopic (exact) mass is 506 g/mol. The molecule has 152 valence electrons. The van der Waals surface area contributed by atoms with Crippen molar-refractivity contribution in [3.8, 4) is 0 Å². The Labute approximate surface area is 195 Å². The average molecular weight is 506 g/mol. The van der Waals surface area contributed by atoms with Gasteiger partial charge in [0.2, 0.25) is 11.0 Å². The van der Waals surface area contributed by atoms with Crippen molar-refractivity contribution in [2.75, 3.05) is 0 Å². The zero-order valence-electron chi connectivity index (χ0n) is 17.4. The summed E-state index contributed by atoms with van der Waals surface area (Å²) >= 11 is 0. The van der Waals surface area contributed by atoms with Gasteiger partial charge in [0, 0.05) is 18.0 Å². The van der Waals surface area contributed by atoms with E-state index in [-0.39, 0.29) is 24.0 Å². The summed E-state index contributed by atoms with van der Waals surface area (Å²) in [4.78, 5) is 0. The summed E-state index contributed by atoms with van der Waals surface area (Å²) in [7, 11) is 2.20. The summed E-state index contributed by atoms with van der Waals surface area (Å²) in [5.74, 6) is 0. The van der Waals surface area contributed by atoms with Gasteiger partial charge in [0.1, 0.15) is 12.6 Å². The predicted octanol–water partition coefficient (Wildman–Crippen LogP) is 3.19. The third kappa shape index (κ3) is 3.83. The van der Waals surface area contributed by atoms with Gasteiger partial charge in [-0.25, -0.2) is 0 Å². The fourth-order valence-corrected chi connectivity index (χ4v) is 4.65. The highest BCUT2D eigenvalue weighted by molar-refractivity contribution is 6.06. The maximum absolute atomic E-state index is 2.53. The molecule has 0 saturated carbocycles. The number of halogens is 1. The molecular formula is C27H27IN2. The summed E-state index contributed by atoms with van der Waals surface area (Å²) in [6.45, 7) is 1.07. The first kappa shape index (κ1) is 20.9. The molecule has 0 radical (unpaired) electrons. The van der Waals surface area contributed by atoms with E-state index in [1.165, 1.54) is 64.1 Å². The second-order valence-electron chi connectivity index (χ2n) is 7.96. The Kier molecular flexibility index (Phi) is 6.38. The molecule has 3 aromatic carbocycles. The van der Waals surface area contributed by atoms with Gasteiger partial charge in [-0.1, -0.05) is 61.0 Å². The summed E-state index contributed by atoms with van der Waals surface area (Å²) in [5.41, 5.74) is 6.75. The smallest absolute Gasteiger partial charge is 0.238 e. The van der Waals surface area contributed by atoms with E-state index in [0.717, 1.165) is 6.54 Å². The molecule has 0 aliphatic rings. The third-order valence-electron chi connectivity index (χ3n) is 6.10. The lowest BCUT2D eigenvalue weighted by Gasteiger charge is -2.07. The standard InChI is InChI=1S/C27H27N2.HI/c1-28-24-17-9-7-15-22(24)20-26-27(28)23-16-8-10-18-25(23)29(26)19-11-3-6-14-21-12-4-2-5-13-21;/h2,4-5,7-10,12-13,15-18,20H,3,6,11,14,19H2,1H3;1H/q+1;/p-1. The molecule has 0 atom stereocenters. The minimum absolute atomic E-state index is 0. The maximum atomic E-state index is 2.53. The zero-order chi connectivity index (χ0) is 19.6. The second kappa shape index (κ2) is 9.17. The Morgan fingerprint density at radius 3 is 2.33 bits per heavy atom. The van der Waals surface area contributed by atoms with E-state index in [9.17, 15) is 0 Å². The summed E-state index contributed by atoms with van der Waals surface area (Å²) < 4.78 is 4.89. The summed E-state index contributed by atoms with van der Waals surface area (Å²) in [6, 6.07) is 30.7. The van der Waals surface area contributed by atoms with Crippen LogP contribution in [0.3, 0.4) is 0 Å². The number of unbranched alkanes of at least 4 members (excludes halogenated alkanes) is 2. The third-order valence-corrected chi connectivity index (χ3v) is 6.10. The molecule has 0 saturated heterocycles. The number of rotatable bonds is 6. The Morgan fingerprint density at radius 1 is 0.733 bits per heavy atom. The van der Waals surface area contributed by atoms with Crippen LogP contribution in [0.5, 0.6) is 0 Å². The summed E-state index contributed by atoms with van der Waals surface area (Å²) in [5, 5.41) is 2.65. The lowest BCUT2D eigenvalue weighted by molar-refractivity contribution is -0.616. The van der Waals surface area contributed by atoms with Crippen LogP contribution in [0.25, 0.3) is 32.8 Å². The van der Waals surface area contributed by atoms with Crippen molar-refractivity contribution in [1.29, 1.82) is 0 Å². The largest absolute Gasteiger partial charge is 1.00 e. The Morgan fingerprint density at radius 2 is 1.47 bits per heavy atom. The van der Waals surface area contributed by atoms with Crippen LogP contribution in [0.2, 0.25) is 0 Å². The van der Waals surface area contributed by atoms with Crippen LogP contribution in [-0.4, -0.2) is 4.57 Å². The van der Waals surface area contributed by atoms with Crippen LogP contribution < -0.4 is 28.5 Å². The molecule has 30 heavy (non-hydrogen) atoms. The molecule has 2 heterocycles. The molecule has 5 aromatic rings. The Balaban J connectivity index is 0.00000218. The van der Waals surface area contributed by atoms with E-state index in [2.05, 4.69) is 101 Å². The number of hydrogen-bond acceptors (Lipinski definition) is 0. The van der Waals surface area contributed by atoms with Gasteiger partial charge in [-0.3, -0.25) is 0 Å². The van der Waals surface area contributed by atoms with Crippen molar-refractivity contribution in [3.63, 3.8) is 0 Å². The molecule has 0 fully saturated rings. The number of hydrogen-bond donors (Lipinski definition) is 0. The SMILES string of the molecule is C[n+]1c2ccccc2cc2c1c1ccccc1n2CCCCCc1ccccc1.[I-]. The lowest BCUT2D eigenvalue weighted by Crippen LogP contribution is -3.00. The van der Waals surface area contributed by atoms with Gasteiger partial charge >= 0.3 is 0 Å². The topological polar surface area (TPSA) is 8.81 Å². The molecule has 0 N–H and O–H groups in total. The minimum Gasteiger partial charge on any atom is -1.00 e. The van der Waals surface area contributed by atoms with E-state index < -0.39 is 0 Å². The molecule has 2 aromatic heterocycles. The molecule has 0 bridgehead atoms. The first-order chi connectivity index (χ1) is 14.3. The van der Waals surface area contributed by atoms with Crippen LogP contribution in [0.15, 0.2) is 84.9 Å². The average Bonchev–Trinajstić information content (AvgIpc) is 3.08. The van der Waals surface area contributed by atoms with E-state index in [1.54, 1.807) is 0 Å². The van der Waals surface area contributed by atoms with Gasteiger partial charge in [-0.15, -0.1) is 0 Å². The van der Waals surface area contributed by atoms with Crippen molar-refractivity contribution < 1.29 is 28.5 Å². The molecule has 0 aliphatic heterocycles. The van der Waals surface area contributed by atoms with E-state index in [1.807, 2.05) is 0 Å². The zero-order valence-corrected chi connectivity index (χ0v) is 19.5. The molecule has 0 spiro atoms. The number of aromatic nitrogens is 2. The normalized spacial score (nSPS) is 11.2. The van der Waals surface area contributed by atoms with Crippen molar-refractivity contribution in [1.82, 2.24) is 4.57 Å². The number of fused-ring (bicyclic) bond motifs is 4. The molecule has 2 nitrogen and oxygen atoms in total. The first-order valence-electron chi connectivity index (χ1n) is 10.7. The number of aryl methyl sites for hydroxylation is 3. The van der Waals surface area contributed by atoms with Crippen molar-refractivity contribution in [2.45, 2.75) is 32.2 Å². The number of benzene rings is 3. The lowest BCUT2D eigenvalue weighted by atomic mass is 10.1. The van der Waals surface area contributed by atoms with Gasteiger partial charge in [0.15, 0.2) is 0 Å². The predicted molar refractivity (Wildman–Crippen MR) is 122 cm³/mol. The summed E-state index contributed by atoms with van der Waals surface area (Å²) in [6.07, 6.45) is 4.88. The second-order valence-corrected chi connectivity index (χ2v) is 7.96. The van der Waals surface area contributed by atoms with Gasteiger partial charge in [-0.05, 0) is 49.1 Å². The van der Waals surface area contributed by atoms with Gasteiger partial charge in [0.25, 0.3) is 0 Å². The molecule has 5 rings (SSSR count). The van der Waals surface area contributed by atoms with Crippen molar-refractivity contribution >= 4 is 32.8 Å². The Bertz CT molecular complexity index is 1290. The fourth-order valence-electron chi connectivity index (χ4n) is 4.65. The van der Waals surface area contributed by atoms with E-state index in [0.29, 0.717) is 0 Å². The van der Waals surface area contributed by atoms with Crippen LogP contribution >= 0.6 is 0 Å². The highest BCUT2D eigenvalue weighted by Gasteiger charge is 2.20. The molecular weight excluding hydrogens is 479 g/mol. The van der Waals surface area contributed by atoms with E-state index >= 15 is 0 Å². The van der Waals surface area contributed by atoms with Gasteiger partial charge in [0.05, 0.1) is 10.9 Å². The number of para-hydroxylation sites is 2. The number of nitrogens with zero attached hydrogens (tertiary/aromatic N) is 2. The Hall–Kier alpha value is -2.40. The van der Waals surface area contributed by atoms with Gasteiger partial charge in [-0.2, -0.15) is 4.57 Å². The minimum atomic E-state index is 0. The number of pyridine rings is 1. The molecule has 0 aliphatic carbocycles. The highest BCUT2D eigenvalue weighted by atomic mass is 127. The molecule has 3 heteroatoms. The molecule has 0 unspecified atom stereocenters. The van der Waals surface area contributed by atoms with Crippen LogP contribution in [0.1, 0.15) is 24.8 Å².